The van der Waals surface area contributed by atoms with Crippen molar-refractivity contribution in [2.45, 2.75) is 38.0 Å². The molecule has 1 unspecified atom stereocenters. The van der Waals surface area contributed by atoms with Crippen LogP contribution in [0.25, 0.3) is 0 Å². The van der Waals surface area contributed by atoms with Gasteiger partial charge >= 0.3 is 0 Å². The van der Waals surface area contributed by atoms with Crippen molar-refractivity contribution in [1.82, 2.24) is 5.32 Å². The average molecular weight is 226 g/mol. The van der Waals surface area contributed by atoms with Crippen LogP contribution in [0.3, 0.4) is 0 Å². The minimum atomic E-state index is -0.0973. The first kappa shape index (κ1) is 10.9. The topological polar surface area (TPSA) is 32.3 Å². The molecule has 0 aliphatic heterocycles. The summed E-state index contributed by atoms with van der Waals surface area (Å²) >= 11 is 5.83. The maximum Gasteiger partial charge on any atom is 0.0570 e. The van der Waals surface area contributed by atoms with Crippen molar-refractivity contribution in [1.29, 1.82) is 0 Å². The van der Waals surface area contributed by atoms with E-state index in [9.17, 15) is 5.11 Å². The number of hydrogen-bond donors (Lipinski definition) is 2. The molecule has 0 aromatic heterocycles. The van der Waals surface area contributed by atoms with E-state index in [4.69, 9.17) is 11.6 Å². The Morgan fingerprint density at radius 3 is 2.47 bits per heavy atom. The molecule has 0 bridgehead atoms. The lowest BCUT2D eigenvalue weighted by atomic mass is 9.88. The van der Waals surface area contributed by atoms with Gasteiger partial charge in [0.15, 0.2) is 0 Å². The van der Waals surface area contributed by atoms with E-state index in [0.29, 0.717) is 12.1 Å². The summed E-state index contributed by atoms with van der Waals surface area (Å²) in [6, 6.07) is 8.67. The molecule has 1 aromatic carbocycles. The van der Waals surface area contributed by atoms with E-state index < -0.39 is 0 Å². The third-order valence-corrected chi connectivity index (χ3v) is 3.22. The molecule has 1 atom stereocenters. The molecule has 1 saturated carbocycles. The summed E-state index contributed by atoms with van der Waals surface area (Å²) in [7, 11) is 0. The molecule has 82 valence electrons. The Hall–Kier alpha value is -0.570. The maximum atomic E-state index is 9.18. The fourth-order valence-electron chi connectivity index (χ4n) is 1.93. The van der Waals surface area contributed by atoms with Crippen LogP contribution >= 0.6 is 11.6 Å². The molecule has 0 spiro atoms. The van der Waals surface area contributed by atoms with E-state index in [1.54, 1.807) is 0 Å². The summed E-state index contributed by atoms with van der Waals surface area (Å²) in [5.41, 5.74) is 1.24. The highest BCUT2D eigenvalue weighted by Crippen LogP contribution is 2.24. The van der Waals surface area contributed by atoms with Gasteiger partial charge in [-0.05, 0) is 37.5 Å². The number of halogens is 1. The number of benzene rings is 1. The monoisotopic (exact) mass is 225 g/mol. The lowest BCUT2D eigenvalue weighted by Gasteiger charge is -2.34. The van der Waals surface area contributed by atoms with E-state index in [1.165, 1.54) is 5.56 Å². The number of rotatable bonds is 3. The van der Waals surface area contributed by atoms with Gasteiger partial charge in [0, 0.05) is 17.1 Å². The molecule has 1 fully saturated rings. The first-order chi connectivity index (χ1) is 7.15. The van der Waals surface area contributed by atoms with Gasteiger partial charge in [-0.3, -0.25) is 0 Å². The third-order valence-electron chi connectivity index (χ3n) is 2.97. The molecule has 0 saturated heterocycles. The van der Waals surface area contributed by atoms with Crippen molar-refractivity contribution >= 4 is 11.6 Å². The van der Waals surface area contributed by atoms with Gasteiger partial charge in [0.05, 0.1) is 6.10 Å². The molecule has 1 aromatic rings. The van der Waals surface area contributed by atoms with Crippen LogP contribution in [0, 0.1) is 0 Å². The molecule has 1 aliphatic carbocycles. The van der Waals surface area contributed by atoms with Gasteiger partial charge in [-0.15, -0.1) is 0 Å². The number of hydrogen-bond acceptors (Lipinski definition) is 2. The molecule has 0 heterocycles. The highest BCUT2D eigenvalue weighted by atomic mass is 35.5. The fourth-order valence-corrected chi connectivity index (χ4v) is 2.05. The van der Waals surface area contributed by atoms with Gasteiger partial charge in [0.1, 0.15) is 0 Å². The van der Waals surface area contributed by atoms with E-state index in [1.807, 2.05) is 24.3 Å². The van der Waals surface area contributed by atoms with Crippen LogP contribution in [-0.2, 0) is 0 Å². The molecular weight excluding hydrogens is 210 g/mol. The normalized spacial score (nSPS) is 27.1. The zero-order chi connectivity index (χ0) is 10.8. The van der Waals surface area contributed by atoms with Crippen LogP contribution in [0.4, 0.5) is 0 Å². The molecule has 1 aliphatic rings. The Bertz CT molecular complexity index is 319. The van der Waals surface area contributed by atoms with Crippen LogP contribution < -0.4 is 5.32 Å². The predicted molar refractivity (Wildman–Crippen MR) is 62.0 cm³/mol. The van der Waals surface area contributed by atoms with Crippen LogP contribution in [0.1, 0.15) is 31.4 Å². The predicted octanol–water partition coefficient (Wildman–Crippen LogP) is 2.51. The molecule has 15 heavy (non-hydrogen) atoms. The van der Waals surface area contributed by atoms with Crippen molar-refractivity contribution in [3.05, 3.63) is 34.9 Å². The van der Waals surface area contributed by atoms with E-state index in [-0.39, 0.29) is 6.10 Å². The zero-order valence-corrected chi connectivity index (χ0v) is 9.54. The van der Waals surface area contributed by atoms with E-state index in [2.05, 4.69) is 12.2 Å². The molecule has 2 rings (SSSR count). The number of nitrogens with one attached hydrogen (secondary N) is 1. The minimum Gasteiger partial charge on any atom is -0.393 e. The first-order valence-electron chi connectivity index (χ1n) is 5.34. The number of aliphatic hydroxyl groups excluding tert-OH is 1. The third kappa shape index (κ3) is 2.71. The number of aliphatic hydroxyl groups is 1. The maximum absolute atomic E-state index is 9.18. The SMILES string of the molecule is CC(NC1CC(O)C1)c1ccc(Cl)cc1. The summed E-state index contributed by atoms with van der Waals surface area (Å²) in [4.78, 5) is 0. The summed E-state index contributed by atoms with van der Waals surface area (Å²) in [6.07, 6.45) is 1.65. The van der Waals surface area contributed by atoms with Gasteiger partial charge < -0.3 is 10.4 Å². The zero-order valence-electron chi connectivity index (χ0n) is 8.78. The summed E-state index contributed by atoms with van der Waals surface area (Å²) in [5, 5.41) is 13.4. The van der Waals surface area contributed by atoms with Gasteiger partial charge in [0.25, 0.3) is 0 Å². The van der Waals surface area contributed by atoms with Crippen LogP contribution in [0.2, 0.25) is 5.02 Å². The Labute approximate surface area is 95.3 Å². The van der Waals surface area contributed by atoms with Crippen molar-refractivity contribution in [3.8, 4) is 0 Å². The second-order valence-electron chi connectivity index (χ2n) is 4.26. The van der Waals surface area contributed by atoms with Crippen molar-refractivity contribution < 1.29 is 5.11 Å². The molecule has 0 amide bonds. The highest BCUT2D eigenvalue weighted by Gasteiger charge is 2.27. The summed E-state index contributed by atoms with van der Waals surface area (Å²) < 4.78 is 0. The summed E-state index contributed by atoms with van der Waals surface area (Å²) in [5.74, 6) is 0. The fraction of sp³-hybridized carbons (Fsp3) is 0.500. The highest BCUT2D eigenvalue weighted by molar-refractivity contribution is 6.30. The lowest BCUT2D eigenvalue weighted by Crippen LogP contribution is -2.44. The first-order valence-corrected chi connectivity index (χ1v) is 5.72. The molecular formula is C12H16ClNO. The molecule has 0 radical (unpaired) electrons. The van der Waals surface area contributed by atoms with Gasteiger partial charge in [0.2, 0.25) is 0 Å². The lowest BCUT2D eigenvalue weighted by molar-refractivity contribution is 0.0586. The van der Waals surface area contributed by atoms with E-state index >= 15 is 0 Å². The summed E-state index contributed by atoms with van der Waals surface area (Å²) in [6.45, 7) is 2.13. The van der Waals surface area contributed by atoms with Gasteiger partial charge in [-0.2, -0.15) is 0 Å². The largest absolute Gasteiger partial charge is 0.393 e. The van der Waals surface area contributed by atoms with Crippen molar-refractivity contribution in [3.63, 3.8) is 0 Å². The molecule has 3 heteroatoms. The van der Waals surface area contributed by atoms with Crippen molar-refractivity contribution in [2.75, 3.05) is 0 Å². The average Bonchev–Trinajstić information content (AvgIpc) is 2.16. The van der Waals surface area contributed by atoms with E-state index in [0.717, 1.165) is 17.9 Å². The molecule has 2 nitrogen and oxygen atoms in total. The Morgan fingerprint density at radius 1 is 1.33 bits per heavy atom. The Morgan fingerprint density at radius 2 is 1.93 bits per heavy atom. The molecule has 2 N–H and O–H groups in total. The second-order valence-corrected chi connectivity index (χ2v) is 4.70. The van der Waals surface area contributed by atoms with Gasteiger partial charge in [-0.1, -0.05) is 23.7 Å². The minimum absolute atomic E-state index is 0.0973. The Kier molecular flexibility index (Phi) is 3.29. The quantitative estimate of drug-likeness (QED) is 0.829. The van der Waals surface area contributed by atoms with Crippen molar-refractivity contribution in [2.24, 2.45) is 0 Å². The Balaban J connectivity index is 1.90. The van der Waals surface area contributed by atoms with Crippen LogP contribution in [0.5, 0.6) is 0 Å². The standard InChI is InChI=1S/C12H16ClNO/c1-8(14-11-6-12(15)7-11)9-2-4-10(13)5-3-9/h2-5,8,11-12,14-15H,6-7H2,1H3. The smallest absolute Gasteiger partial charge is 0.0570 e. The second kappa shape index (κ2) is 4.52. The van der Waals surface area contributed by atoms with Crippen LogP contribution in [0.15, 0.2) is 24.3 Å². The van der Waals surface area contributed by atoms with Crippen LogP contribution in [-0.4, -0.2) is 17.3 Å². The van der Waals surface area contributed by atoms with Gasteiger partial charge in [-0.25, -0.2) is 0 Å².